The predicted octanol–water partition coefficient (Wildman–Crippen LogP) is 2.92. The Morgan fingerprint density at radius 2 is 1.71 bits per heavy atom. The zero-order valence-corrected chi connectivity index (χ0v) is 11.0. The normalized spacial score (nSPS) is 10.2. The fraction of sp³-hybridized carbons (Fsp3) is 0.417. The van der Waals surface area contributed by atoms with Crippen LogP contribution in [0.3, 0.4) is 0 Å². The van der Waals surface area contributed by atoms with Gasteiger partial charge in [-0.3, -0.25) is 0 Å². The number of hydrogen-bond acceptors (Lipinski definition) is 4. The number of carbonyl (C=O) groups is 1. The van der Waals surface area contributed by atoms with Gasteiger partial charge in [0.25, 0.3) is 0 Å². The highest BCUT2D eigenvalue weighted by atomic mass is 35.5. The van der Waals surface area contributed by atoms with Crippen LogP contribution >= 0.6 is 11.6 Å². The van der Waals surface area contributed by atoms with Crippen LogP contribution in [-0.2, 0) is 4.74 Å². The van der Waals surface area contributed by atoms with Crippen molar-refractivity contribution in [2.75, 3.05) is 14.2 Å². The van der Waals surface area contributed by atoms with Gasteiger partial charge in [0, 0.05) is 6.07 Å². The molecule has 0 fully saturated rings. The summed E-state index contributed by atoms with van der Waals surface area (Å²) in [6.45, 7) is 3.54. The molecule has 0 radical (unpaired) electrons. The van der Waals surface area contributed by atoms with Crippen molar-refractivity contribution in [1.82, 2.24) is 0 Å². The first-order valence-corrected chi connectivity index (χ1v) is 5.50. The first-order chi connectivity index (χ1) is 7.99. The lowest BCUT2D eigenvalue weighted by molar-refractivity contribution is 0.0377. The van der Waals surface area contributed by atoms with Crippen LogP contribution < -0.4 is 9.47 Å². The van der Waals surface area contributed by atoms with Crippen molar-refractivity contribution in [3.05, 3.63) is 22.7 Å². The quantitative estimate of drug-likeness (QED) is 0.779. The van der Waals surface area contributed by atoms with Crippen molar-refractivity contribution in [2.45, 2.75) is 20.0 Å². The number of methoxy groups -OCH3 is 2. The average Bonchev–Trinajstić information content (AvgIpc) is 2.27. The molecular formula is C12H15ClO4. The van der Waals surface area contributed by atoms with E-state index in [2.05, 4.69) is 0 Å². The van der Waals surface area contributed by atoms with E-state index in [9.17, 15) is 4.79 Å². The van der Waals surface area contributed by atoms with Crippen LogP contribution in [0.2, 0.25) is 5.02 Å². The van der Waals surface area contributed by atoms with Crippen LogP contribution in [0.25, 0.3) is 0 Å². The Bertz CT molecular complexity index is 415. The second kappa shape index (κ2) is 5.77. The number of rotatable bonds is 4. The molecule has 1 aromatic carbocycles. The van der Waals surface area contributed by atoms with Crippen LogP contribution in [0.5, 0.6) is 11.5 Å². The Morgan fingerprint density at radius 1 is 1.18 bits per heavy atom. The summed E-state index contributed by atoms with van der Waals surface area (Å²) < 4.78 is 15.2. The Hall–Kier alpha value is -1.42. The molecule has 0 N–H and O–H groups in total. The first-order valence-electron chi connectivity index (χ1n) is 5.12. The third kappa shape index (κ3) is 3.27. The molecule has 0 heterocycles. The van der Waals surface area contributed by atoms with Crippen molar-refractivity contribution >= 4 is 17.6 Å². The number of halogens is 1. The van der Waals surface area contributed by atoms with Crippen molar-refractivity contribution in [1.29, 1.82) is 0 Å². The zero-order valence-electron chi connectivity index (χ0n) is 10.2. The first kappa shape index (κ1) is 13.6. The molecule has 4 nitrogen and oxygen atoms in total. The summed E-state index contributed by atoms with van der Waals surface area (Å²) in [4.78, 5) is 11.7. The predicted molar refractivity (Wildman–Crippen MR) is 65.1 cm³/mol. The maximum absolute atomic E-state index is 11.7. The third-order valence-corrected chi connectivity index (χ3v) is 2.35. The van der Waals surface area contributed by atoms with Crippen molar-refractivity contribution in [2.24, 2.45) is 0 Å². The summed E-state index contributed by atoms with van der Waals surface area (Å²) in [7, 11) is 2.99. The molecule has 1 rings (SSSR count). The maximum Gasteiger partial charge on any atom is 0.340 e. The molecule has 0 aliphatic heterocycles. The Kier molecular flexibility index (Phi) is 4.63. The van der Waals surface area contributed by atoms with Crippen LogP contribution in [-0.4, -0.2) is 26.3 Å². The number of carbonyl (C=O) groups excluding carboxylic acids is 1. The van der Waals surface area contributed by atoms with Gasteiger partial charge in [-0.25, -0.2) is 4.79 Å². The van der Waals surface area contributed by atoms with Crippen molar-refractivity contribution < 1.29 is 19.0 Å². The standard InChI is InChI=1S/C12H15ClO4/c1-7(2)17-12(14)8-5-10(15-3)11(16-4)6-9(8)13/h5-7H,1-4H3. The van der Waals surface area contributed by atoms with Crippen LogP contribution in [0.1, 0.15) is 24.2 Å². The van der Waals surface area contributed by atoms with E-state index in [0.717, 1.165) is 0 Å². The largest absolute Gasteiger partial charge is 0.493 e. The van der Waals surface area contributed by atoms with Gasteiger partial charge in [0.1, 0.15) is 0 Å². The van der Waals surface area contributed by atoms with E-state index in [-0.39, 0.29) is 16.7 Å². The molecule has 0 saturated carbocycles. The van der Waals surface area contributed by atoms with Gasteiger partial charge in [-0.15, -0.1) is 0 Å². The van der Waals surface area contributed by atoms with Crippen LogP contribution in [0.15, 0.2) is 12.1 Å². The van der Waals surface area contributed by atoms with Gasteiger partial charge in [0.15, 0.2) is 11.5 Å². The number of esters is 1. The minimum absolute atomic E-state index is 0.202. The Labute approximate surface area is 105 Å². The average molecular weight is 259 g/mol. The highest BCUT2D eigenvalue weighted by molar-refractivity contribution is 6.33. The third-order valence-electron chi connectivity index (χ3n) is 2.04. The van der Waals surface area contributed by atoms with Gasteiger partial charge in [-0.05, 0) is 19.9 Å². The van der Waals surface area contributed by atoms with Crippen LogP contribution in [0.4, 0.5) is 0 Å². The molecule has 0 atom stereocenters. The minimum atomic E-state index is -0.481. The van der Waals surface area contributed by atoms with E-state index in [1.54, 1.807) is 13.8 Å². The number of hydrogen-bond donors (Lipinski definition) is 0. The molecule has 0 spiro atoms. The fourth-order valence-corrected chi connectivity index (χ4v) is 1.52. The number of ether oxygens (including phenoxy) is 3. The van der Waals surface area contributed by atoms with E-state index < -0.39 is 5.97 Å². The summed E-state index contributed by atoms with van der Waals surface area (Å²) in [6.07, 6.45) is -0.202. The summed E-state index contributed by atoms with van der Waals surface area (Å²) in [6, 6.07) is 3.03. The zero-order chi connectivity index (χ0) is 13.0. The smallest absolute Gasteiger partial charge is 0.340 e. The van der Waals surface area contributed by atoms with Crippen LogP contribution in [0, 0.1) is 0 Å². The topological polar surface area (TPSA) is 44.8 Å². The molecule has 94 valence electrons. The fourth-order valence-electron chi connectivity index (χ4n) is 1.29. The van der Waals surface area contributed by atoms with E-state index >= 15 is 0 Å². The molecular weight excluding hydrogens is 244 g/mol. The number of benzene rings is 1. The summed E-state index contributed by atoms with van der Waals surface area (Å²) >= 11 is 5.98. The summed E-state index contributed by atoms with van der Waals surface area (Å²) in [5.41, 5.74) is 0.262. The lowest BCUT2D eigenvalue weighted by atomic mass is 10.2. The monoisotopic (exact) mass is 258 g/mol. The van der Waals surface area contributed by atoms with Gasteiger partial charge >= 0.3 is 5.97 Å². The molecule has 0 saturated heterocycles. The van der Waals surface area contributed by atoms with E-state index in [1.807, 2.05) is 0 Å². The lowest BCUT2D eigenvalue weighted by Gasteiger charge is -2.12. The molecule has 1 aromatic rings. The molecule has 0 aliphatic carbocycles. The van der Waals surface area contributed by atoms with Gasteiger partial charge in [-0.1, -0.05) is 11.6 Å². The van der Waals surface area contributed by atoms with E-state index in [4.69, 9.17) is 25.8 Å². The molecule has 0 bridgehead atoms. The molecule has 0 amide bonds. The summed E-state index contributed by atoms with van der Waals surface area (Å²) in [5.74, 6) is 0.428. The van der Waals surface area contributed by atoms with Crippen molar-refractivity contribution in [3.63, 3.8) is 0 Å². The van der Waals surface area contributed by atoms with E-state index in [0.29, 0.717) is 11.5 Å². The molecule has 5 heteroatoms. The van der Waals surface area contributed by atoms with Crippen molar-refractivity contribution in [3.8, 4) is 11.5 Å². The van der Waals surface area contributed by atoms with Gasteiger partial charge in [-0.2, -0.15) is 0 Å². The highest BCUT2D eigenvalue weighted by Gasteiger charge is 2.17. The second-order valence-electron chi connectivity index (χ2n) is 3.64. The summed E-state index contributed by atoms with van der Waals surface area (Å²) in [5, 5.41) is 0.272. The highest BCUT2D eigenvalue weighted by Crippen LogP contribution is 2.33. The van der Waals surface area contributed by atoms with Gasteiger partial charge in [0.05, 0.1) is 30.9 Å². The molecule has 0 unspecified atom stereocenters. The Balaban J connectivity index is 3.12. The molecule has 0 aromatic heterocycles. The lowest BCUT2D eigenvalue weighted by Crippen LogP contribution is -2.12. The molecule has 17 heavy (non-hydrogen) atoms. The maximum atomic E-state index is 11.7. The van der Waals surface area contributed by atoms with Gasteiger partial charge in [0.2, 0.25) is 0 Å². The minimum Gasteiger partial charge on any atom is -0.493 e. The SMILES string of the molecule is COc1cc(Cl)c(C(=O)OC(C)C)cc1OC. The van der Waals surface area contributed by atoms with Gasteiger partial charge < -0.3 is 14.2 Å². The Morgan fingerprint density at radius 3 is 2.18 bits per heavy atom. The second-order valence-corrected chi connectivity index (χ2v) is 4.05. The van der Waals surface area contributed by atoms with E-state index in [1.165, 1.54) is 26.4 Å². The molecule has 0 aliphatic rings.